The van der Waals surface area contributed by atoms with Gasteiger partial charge in [0.25, 0.3) is 0 Å². The van der Waals surface area contributed by atoms with Crippen LogP contribution in [0.4, 0.5) is 0 Å². The first-order valence-electron chi connectivity index (χ1n) is 4.41. The van der Waals surface area contributed by atoms with Gasteiger partial charge in [-0.05, 0) is 17.7 Å². The van der Waals surface area contributed by atoms with Crippen molar-refractivity contribution in [3.8, 4) is 0 Å². The van der Waals surface area contributed by atoms with E-state index in [-0.39, 0.29) is 12.5 Å². The molecule has 1 aromatic rings. The standard InChI is InChI=1S/C10H12Cl2O3/c11-4-9(14)10(15)7-3-6(5-13)1-2-8(7)12/h1-3,9-10,13-15H,4-5H2. The Morgan fingerprint density at radius 2 is 1.93 bits per heavy atom. The van der Waals surface area contributed by atoms with Crippen LogP contribution in [-0.4, -0.2) is 27.3 Å². The molecular weight excluding hydrogens is 239 g/mol. The number of aliphatic hydroxyl groups is 3. The van der Waals surface area contributed by atoms with Gasteiger partial charge in [0.1, 0.15) is 6.10 Å². The van der Waals surface area contributed by atoms with Crippen LogP contribution in [0.3, 0.4) is 0 Å². The fourth-order valence-corrected chi connectivity index (χ4v) is 1.61. The third-order valence-electron chi connectivity index (χ3n) is 2.08. The smallest absolute Gasteiger partial charge is 0.107 e. The van der Waals surface area contributed by atoms with Crippen molar-refractivity contribution in [3.05, 3.63) is 34.3 Å². The van der Waals surface area contributed by atoms with E-state index >= 15 is 0 Å². The van der Waals surface area contributed by atoms with Crippen LogP contribution in [0.2, 0.25) is 5.02 Å². The number of halogens is 2. The van der Waals surface area contributed by atoms with Crippen molar-refractivity contribution < 1.29 is 15.3 Å². The van der Waals surface area contributed by atoms with Crippen LogP contribution in [0.15, 0.2) is 18.2 Å². The molecule has 0 heterocycles. The summed E-state index contributed by atoms with van der Waals surface area (Å²) in [5, 5.41) is 28.3. The quantitative estimate of drug-likeness (QED) is 0.710. The number of alkyl halides is 1. The van der Waals surface area contributed by atoms with Crippen LogP contribution >= 0.6 is 23.2 Å². The molecule has 0 aliphatic rings. The van der Waals surface area contributed by atoms with Gasteiger partial charge < -0.3 is 15.3 Å². The van der Waals surface area contributed by atoms with Gasteiger partial charge in [0.05, 0.1) is 18.6 Å². The number of rotatable bonds is 4. The van der Waals surface area contributed by atoms with Crippen molar-refractivity contribution in [1.82, 2.24) is 0 Å². The lowest BCUT2D eigenvalue weighted by Crippen LogP contribution is -2.20. The Morgan fingerprint density at radius 1 is 1.27 bits per heavy atom. The van der Waals surface area contributed by atoms with Crippen molar-refractivity contribution >= 4 is 23.2 Å². The zero-order valence-corrected chi connectivity index (χ0v) is 9.41. The molecule has 1 rings (SSSR count). The van der Waals surface area contributed by atoms with Crippen molar-refractivity contribution in [2.24, 2.45) is 0 Å². The summed E-state index contributed by atoms with van der Waals surface area (Å²) in [7, 11) is 0. The van der Waals surface area contributed by atoms with Gasteiger partial charge in [-0.1, -0.05) is 17.7 Å². The van der Waals surface area contributed by atoms with E-state index in [2.05, 4.69) is 0 Å². The number of benzene rings is 1. The fraction of sp³-hybridized carbons (Fsp3) is 0.400. The van der Waals surface area contributed by atoms with Crippen molar-refractivity contribution in [2.75, 3.05) is 5.88 Å². The van der Waals surface area contributed by atoms with E-state index in [1.165, 1.54) is 0 Å². The third-order valence-corrected chi connectivity index (χ3v) is 2.74. The summed E-state index contributed by atoms with van der Waals surface area (Å²) in [6, 6.07) is 4.75. The summed E-state index contributed by atoms with van der Waals surface area (Å²) < 4.78 is 0. The van der Waals surface area contributed by atoms with E-state index in [1.54, 1.807) is 18.2 Å². The molecule has 5 heteroatoms. The molecule has 0 aliphatic heterocycles. The molecule has 3 nitrogen and oxygen atoms in total. The first kappa shape index (κ1) is 12.7. The molecular formula is C10H12Cl2O3. The summed E-state index contributed by atoms with van der Waals surface area (Å²) in [5.74, 6) is -0.0825. The Bertz CT molecular complexity index is 330. The van der Waals surface area contributed by atoms with Crippen LogP contribution in [0.5, 0.6) is 0 Å². The lowest BCUT2D eigenvalue weighted by molar-refractivity contribution is 0.0327. The molecule has 0 aromatic heterocycles. The average Bonchev–Trinajstić information content (AvgIpc) is 2.27. The molecule has 0 aliphatic carbocycles. The number of hydrogen-bond donors (Lipinski definition) is 3. The van der Waals surface area contributed by atoms with Gasteiger partial charge in [-0.3, -0.25) is 0 Å². The minimum absolute atomic E-state index is 0.0825. The summed E-state index contributed by atoms with van der Waals surface area (Å²) in [6.07, 6.45) is -2.21. The fourth-order valence-electron chi connectivity index (χ4n) is 1.21. The van der Waals surface area contributed by atoms with Crippen LogP contribution in [0.1, 0.15) is 17.2 Å². The minimum Gasteiger partial charge on any atom is -0.392 e. The van der Waals surface area contributed by atoms with Crippen LogP contribution in [-0.2, 0) is 6.61 Å². The predicted molar refractivity (Wildman–Crippen MR) is 59.1 cm³/mol. The van der Waals surface area contributed by atoms with Crippen molar-refractivity contribution in [3.63, 3.8) is 0 Å². The highest BCUT2D eigenvalue weighted by Gasteiger charge is 2.20. The third kappa shape index (κ3) is 3.06. The maximum Gasteiger partial charge on any atom is 0.107 e. The molecule has 3 N–H and O–H groups in total. The predicted octanol–water partition coefficient (Wildman–Crippen LogP) is 1.47. The van der Waals surface area contributed by atoms with Gasteiger partial charge >= 0.3 is 0 Å². The second-order valence-corrected chi connectivity index (χ2v) is 3.90. The lowest BCUT2D eigenvalue weighted by Gasteiger charge is -2.17. The summed E-state index contributed by atoms with van der Waals surface area (Å²) in [6.45, 7) is -0.145. The highest BCUT2D eigenvalue weighted by Crippen LogP contribution is 2.27. The highest BCUT2D eigenvalue weighted by atomic mass is 35.5. The normalized spacial score (nSPS) is 15.0. The molecule has 0 fully saturated rings. The van der Waals surface area contributed by atoms with E-state index in [9.17, 15) is 10.2 Å². The zero-order chi connectivity index (χ0) is 11.4. The van der Waals surface area contributed by atoms with Gasteiger partial charge in [-0.15, -0.1) is 11.6 Å². The summed E-state index contributed by atoms with van der Waals surface area (Å²) in [4.78, 5) is 0. The molecule has 2 unspecified atom stereocenters. The van der Waals surface area contributed by atoms with Crippen molar-refractivity contribution in [2.45, 2.75) is 18.8 Å². The second-order valence-electron chi connectivity index (χ2n) is 3.18. The molecule has 0 spiro atoms. The Balaban J connectivity index is 3.01. The van der Waals surface area contributed by atoms with E-state index in [0.717, 1.165) is 0 Å². The molecule has 2 atom stereocenters. The summed E-state index contributed by atoms with van der Waals surface area (Å²) in [5.41, 5.74) is 0.992. The molecule has 0 bridgehead atoms. The van der Waals surface area contributed by atoms with Gasteiger partial charge in [-0.2, -0.15) is 0 Å². The van der Waals surface area contributed by atoms with Crippen LogP contribution in [0, 0.1) is 0 Å². The zero-order valence-electron chi connectivity index (χ0n) is 7.90. The van der Waals surface area contributed by atoms with Gasteiger partial charge in [0.2, 0.25) is 0 Å². The topological polar surface area (TPSA) is 60.7 Å². The SMILES string of the molecule is OCc1ccc(Cl)c(C(O)C(O)CCl)c1. The Labute approximate surface area is 97.9 Å². The molecule has 0 radical (unpaired) electrons. The largest absolute Gasteiger partial charge is 0.392 e. The van der Waals surface area contributed by atoms with E-state index in [4.69, 9.17) is 28.3 Å². The first-order valence-corrected chi connectivity index (χ1v) is 5.32. The number of hydrogen-bond acceptors (Lipinski definition) is 3. The van der Waals surface area contributed by atoms with E-state index in [0.29, 0.717) is 16.1 Å². The Kier molecular flexibility index (Phi) is 4.83. The second kappa shape index (κ2) is 5.68. The van der Waals surface area contributed by atoms with Crippen molar-refractivity contribution in [1.29, 1.82) is 0 Å². The van der Waals surface area contributed by atoms with Gasteiger partial charge in [-0.25, -0.2) is 0 Å². The Morgan fingerprint density at radius 3 is 2.47 bits per heavy atom. The molecule has 0 saturated carbocycles. The van der Waals surface area contributed by atoms with Crippen LogP contribution in [0.25, 0.3) is 0 Å². The van der Waals surface area contributed by atoms with Gasteiger partial charge in [0.15, 0.2) is 0 Å². The minimum atomic E-state index is -1.14. The van der Waals surface area contributed by atoms with Crippen LogP contribution < -0.4 is 0 Å². The maximum absolute atomic E-state index is 9.69. The van der Waals surface area contributed by atoms with E-state index < -0.39 is 12.2 Å². The molecule has 15 heavy (non-hydrogen) atoms. The maximum atomic E-state index is 9.69. The monoisotopic (exact) mass is 250 g/mol. The summed E-state index contributed by atoms with van der Waals surface area (Å²) >= 11 is 11.3. The average molecular weight is 251 g/mol. The number of aliphatic hydroxyl groups excluding tert-OH is 3. The molecule has 1 aromatic carbocycles. The highest BCUT2D eigenvalue weighted by molar-refractivity contribution is 6.31. The molecule has 84 valence electrons. The molecule has 0 amide bonds. The lowest BCUT2D eigenvalue weighted by atomic mass is 10.0. The van der Waals surface area contributed by atoms with Gasteiger partial charge in [0, 0.05) is 10.6 Å². The Hall–Kier alpha value is -0.320. The first-order chi connectivity index (χ1) is 7.10. The van der Waals surface area contributed by atoms with E-state index in [1.807, 2.05) is 0 Å². The molecule has 0 saturated heterocycles.